The standard InChI is InChI=1S/C14H25N5O2/c1-14(2,3)19(13(20)21)9-10-4-6-18(7-5-10)12-11(15)8-16-17-12/h8,10H,4-7,9,15H2,1-3H3,(H,16,17)(H,20,21). The van der Waals surface area contributed by atoms with Gasteiger partial charge in [0.2, 0.25) is 0 Å². The number of rotatable bonds is 3. The molecule has 2 rings (SSSR count). The van der Waals surface area contributed by atoms with Crippen molar-refractivity contribution in [3.8, 4) is 0 Å². The van der Waals surface area contributed by atoms with Crippen molar-refractivity contribution in [1.29, 1.82) is 0 Å². The van der Waals surface area contributed by atoms with Crippen LogP contribution in [-0.4, -0.2) is 51.5 Å². The molecule has 1 aliphatic rings. The van der Waals surface area contributed by atoms with Gasteiger partial charge in [0.25, 0.3) is 0 Å². The number of carbonyl (C=O) groups is 1. The maximum Gasteiger partial charge on any atom is 0.407 e. The van der Waals surface area contributed by atoms with Crippen molar-refractivity contribution in [2.75, 3.05) is 30.3 Å². The van der Waals surface area contributed by atoms with Crippen LogP contribution < -0.4 is 10.6 Å². The van der Waals surface area contributed by atoms with Gasteiger partial charge in [-0.1, -0.05) is 0 Å². The normalized spacial score (nSPS) is 17.0. The lowest BCUT2D eigenvalue weighted by molar-refractivity contribution is 0.0852. The van der Waals surface area contributed by atoms with Gasteiger partial charge in [-0.3, -0.25) is 5.10 Å². The number of nitrogen functional groups attached to an aromatic ring is 1. The molecule has 1 amide bonds. The molecule has 0 radical (unpaired) electrons. The van der Waals surface area contributed by atoms with Crippen LogP contribution in [0.25, 0.3) is 0 Å². The number of aromatic nitrogens is 2. The second-order valence-corrected chi connectivity index (χ2v) is 6.67. The fraction of sp³-hybridized carbons (Fsp3) is 0.714. The molecule has 0 unspecified atom stereocenters. The predicted octanol–water partition coefficient (Wildman–Crippen LogP) is 1.99. The number of nitrogens with zero attached hydrogens (tertiary/aromatic N) is 3. The Hall–Kier alpha value is -1.92. The summed E-state index contributed by atoms with van der Waals surface area (Å²) in [6.45, 7) is 8.12. The summed E-state index contributed by atoms with van der Waals surface area (Å²) in [5.41, 5.74) is 6.16. The largest absolute Gasteiger partial charge is 0.465 e. The van der Waals surface area contributed by atoms with Crippen molar-refractivity contribution in [2.45, 2.75) is 39.2 Å². The van der Waals surface area contributed by atoms with Crippen molar-refractivity contribution in [1.82, 2.24) is 15.1 Å². The molecule has 1 saturated heterocycles. The Morgan fingerprint density at radius 2 is 2.14 bits per heavy atom. The van der Waals surface area contributed by atoms with Gasteiger partial charge < -0.3 is 20.6 Å². The number of hydrogen-bond acceptors (Lipinski definition) is 4. The van der Waals surface area contributed by atoms with Crippen molar-refractivity contribution < 1.29 is 9.90 Å². The molecule has 1 aromatic rings. The molecule has 4 N–H and O–H groups in total. The molecule has 7 nitrogen and oxygen atoms in total. The summed E-state index contributed by atoms with van der Waals surface area (Å²) in [6.07, 6.45) is 2.69. The fourth-order valence-electron chi connectivity index (χ4n) is 2.78. The number of H-pyrrole nitrogens is 1. The van der Waals surface area contributed by atoms with E-state index in [1.54, 1.807) is 6.20 Å². The molecule has 1 fully saturated rings. The first kappa shape index (κ1) is 15.5. The zero-order chi connectivity index (χ0) is 15.6. The number of amides is 1. The van der Waals surface area contributed by atoms with Crippen molar-refractivity contribution in [3.63, 3.8) is 0 Å². The van der Waals surface area contributed by atoms with Crippen molar-refractivity contribution in [3.05, 3.63) is 6.20 Å². The zero-order valence-electron chi connectivity index (χ0n) is 13.0. The topological polar surface area (TPSA) is 98.5 Å². The molecular weight excluding hydrogens is 270 g/mol. The number of anilines is 2. The molecule has 118 valence electrons. The summed E-state index contributed by atoms with van der Waals surface area (Å²) < 4.78 is 0. The van der Waals surface area contributed by atoms with E-state index in [9.17, 15) is 9.90 Å². The van der Waals surface area contributed by atoms with Crippen molar-refractivity contribution in [2.24, 2.45) is 5.92 Å². The molecular formula is C14H25N5O2. The van der Waals surface area contributed by atoms with E-state index < -0.39 is 6.09 Å². The third-order valence-electron chi connectivity index (χ3n) is 4.06. The first-order valence-corrected chi connectivity index (χ1v) is 7.33. The van der Waals surface area contributed by atoms with Crippen LogP contribution in [0.2, 0.25) is 0 Å². The van der Waals surface area contributed by atoms with Gasteiger partial charge in [-0.15, -0.1) is 0 Å². The van der Waals surface area contributed by atoms with Crippen LogP contribution in [0.1, 0.15) is 33.6 Å². The second-order valence-electron chi connectivity index (χ2n) is 6.67. The summed E-state index contributed by atoms with van der Waals surface area (Å²) in [6, 6.07) is 0. The van der Waals surface area contributed by atoms with Gasteiger partial charge >= 0.3 is 6.09 Å². The lowest BCUT2D eigenvalue weighted by Gasteiger charge is -2.39. The Morgan fingerprint density at radius 1 is 1.52 bits per heavy atom. The van der Waals surface area contributed by atoms with Crippen LogP contribution >= 0.6 is 0 Å². The van der Waals surface area contributed by atoms with Gasteiger partial charge in [0, 0.05) is 25.2 Å². The summed E-state index contributed by atoms with van der Waals surface area (Å²) in [7, 11) is 0. The molecule has 7 heteroatoms. The highest BCUT2D eigenvalue weighted by atomic mass is 16.4. The Bertz CT molecular complexity index is 486. The average Bonchev–Trinajstić information content (AvgIpc) is 2.81. The maximum atomic E-state index is 11.4. The first-order chi connectivity index (χ1) is 9.79. The number of piperidine rings is 1. The van der Waals surface area contributed by atoms with Crippen LogP contribution in [0, 0.1) is 5.92 Å². The molecule has 2 heterocycles. The molecule has 1 aromatic heterocycles. The van der Waals surface area contributed by atoms with E-state index >= 15 is 0 Å². The van der Waals surface area contributed by atoms with E-state index in [2.05, 4.69) is 15.1 Å². The number of hydrogen-bond donors (Lipinski definition) is 3. The Balaban J connectivity index is 1.92. The number of nitrogens with two attached hydrogens (primary N) is 1. The van der Waals surface area contributed by atoms with E-state index in [0.29, 0.717) is 18.2 Å². The predicted molar refractivity (Wildman–Crippen MR) is 82.4 cm³/mol. The molecule has 0 saturated carbocycles. The van der Waals surface area contributed by atoms with Crippen LogP contribution in [0.4, 0.5) is 16.3 Å². The van der Waals surface area contributed by atoms with Gasteiger partial charge in [-0.25, -0.2) is 4.79 Å². The Kier molecular flexibility index (Phi) is 4.29. The number of aromatic amines is 1. The SMILES string of the molecule is CC(C)(C)N(CC1CCN(c2[nH]ncc2N)CC1)C(=O)O. The summed E-state index contributed by atoms with van der Waals surface area (Å²) in [5, 5.41) is 16.2. The second kappa shape index (κ2) is 5.83. The maximum absolute atomic E-state index is 11.4. The summed E-state index contributed by atoms with van der Waals surface area (Å²) >= 11 is 0. The molecule has 0 aromatic carbocycles. The Labute approximate surface area is 125 Å². The van der Waals surface area contributed by atoms with Gasteiger partial charge in [-0.2, -0.15) is 5.10 Å². The molecule has 0 bridgehead atoms. The highest BCUT2D eigenvalue weighted by Gasteiger charge is 2.30. The quantitative estimate of drug-likeness (QED) is 0.792. The summed E-state index contributed by atoms with van der Waals surface area (Å²) in [4.78, 5) is 15.1. The van der Waals surface area contributed by atoms with Crippen LogP contribution in [0.3, 0.4) is 0 Å². The fourth-order valence-corrected chi connectivity index (χ4v) is 2.78. The van der Waals surface area contributed by atoms with E-state index in [4.69, 9.17) is 5.73 Å². The smallest absolute Gasteiger partial charge is 0.407 e. The molecule has 21 heavy (non-hydrogen) atoms. The Morgan fingerprint density at radius 3 is 2.57 bits per heavy atom. The number of nitrogens with one attached hydrogen (secondary N) is 1. The van der Waals surface area contributed by atoms with Crippen LogP contribution in [-0.2, 0) is 0 Å². The van der Waals surface area contributed by atoms with Crippen LogP contribution in [0.5, 0.6) is 0 Å². The third-order valence-corrected chi connectivity index (χ3v) is 4.06. The highest BCUT2D eigenvalue weighted by molar-refractivity contribution is 5.66. The highest BCUT2D eigenvalue weighted by Crippen LogP contribution is 2.27. The first-order valence-electron chi connectivity index (χ1n) is 7.33. The zero-order valence-corrected chi connectivity index (χ0v) is 13.0. The third kappa shape index (κ3) is 3.59. The van der Waals surface area contributed by atoms with Gasteiger partial charge in [-0.05, 0) is 39.5 Å². The van der Waals surface area contributed by atoms with Crippen LogP contribution in [0.15, 0.2) is 6.20 Å². The van der Waals surface area contributed by atoms with E-state index in [1.807, 2.05) is 20.8 Å². The monoisotopic (exact) mass is 295 g/mol. The minimum Gasteiger partial charge on any atom is -0.465 e. The minimum atomic E-state index is -0.845. The van der Waals surface area contributed by atoms with E-state index in [0.717, 1.165) is 31.7 Å². The number of carboxylic acid groups (broad SMARTS) is 1. The lowest BCUT2D eigenvalue weighted by atomic mass is 9.94. The molecule has 1 aliphatic heterocycles. The van der Waals surface area contributed by atoms with E-state index in [-0.39, 0.29) is 5.54 Å². The molecule has 0 spiro atoms. The van der Waals surface area contributed by atoms with Gasteiger partial charge in [0.05, 0.1) is 11.9 Å². The lowest BCUT2D eigenvalue weighted by Crippen LogP contribution is -2.49. The van der Waals surface area contributed by atoms with E-state index in [1.165, 1.54) is 4.90 Å². The molecule has 0 aliphatic carbocycles. The van der Waals surface area contributed by atoms with Crippen molar-refractivity contribution >= 4 is 17.6 Å². The summed E-state index contributed by atoms with van der Waals surface area (Å²) in [5.74, 6) is 1.26. The minimum absolute atomic E-state index is 0.364. The van der Waals surface area contributed by atoms with Gasteiger partial charge in [0.15, 0.2) is 0 Å². The molecule has 0 atom stereocenters. The average molecular weight is 295 g/mol. The van der Waals surface area contributed by atoms with Gasteiger partial charge in [0.1, 0.15) is 5.82 Å².